The Kier molecular flexibility index (Phi) is 5.62. The summed E-state index contributed by atoms with van der Waals surface area (Å²) < 4.78 is 0. The molecule has 2 aromatic heterocycles. The first-order chi connectivity index (χ1) is 13.1. The average molecular weight is 360 g/mol. The number of hydrogen-bond acceptors (Lipinski definition) is 4. The van der Waals surface area contributed by atoms with E-state index in [0.29, 0.717) is 30.0 Å². The van der Waals surface area contributed by atoms with Gasteiger partial charge < -0.3 is 5.32 Å². The number of nitrogens with zero attached hydrogens (tertiary/aromatic N) is 2. The van der Waals surface area contributed by atoms with Crippen LogP contribution in [0.25, 0.3) is 10.9 Å². The Hall–Kier alpha value is -3.46. The molecule has 0 aliphatic carbocycles. The van der Waals surface area contributed by atoms with E-state index >= 15 is 0 Å². The number of aromatic nitrogens is 2. The van der Waals surface area contributed by atoms with E-state index in [1.807, 2.05) is 13.0 Å². The molecule has 0 fully saturated rings. The molecule has 0 saturated carbocycles. The predicted molar refractivity (Wildman–Crippen MR) is 104 cm³/mol. The van der Waals surface area contributed by atoms with E-state index in [-0.39, 0.29) is 5.91 Å². The molecule has 1 amide bonds. The van der Waals surface area contributed by atoms with Crippen molar-refractivity contribution in [3.63, 3.8) is 0 Å². The fourth-order valence-electron chi connectivity index (χ4n) is 3.03. The number of H-pyrrole nitrogens is 1. The summed E-state index contributed by atoms with van der Waals surface area (Å²) in [4.78, 5) is 19.2. The molecule has 2 heterocycles. The first-order valence-electron chi connectivity index (χ1n) is 8.88. The molecule has 0 unspecified atom stereocenters. The summed E-state index contributed by atoms with van der Waals surface area (Å²) in [7, 11) is 0. The van der Waals surface area contributed by atoms with Crippen molar-refractivity contribution in [3.8, 4) is 6.07 Å². The number of nitrogens with one attached hydrogen (secondary N) is 3. The van der Waals surface area contributed by atoms with Crippen molar-refractivity contribution in [1.29, 1.82) is 5.26 Å². The Labute approximate surface area is 158 Å². The molecule has 0 radical (unpaired) electrons. The standard InChI is InChI=1S/C21H21N5O/c1-14-10-15(2)18-12-17(13-22)20(26-19(18)11-14)24-6-3-7-25-21(27)16-4-8-23-9-5-16/h4-5,8-12H,3,6-7H2,1-2H3,(H,24,26)(H,25,27)/p+1. The Bertz CT molecular complexity index is 1010. The fraction of sp³-hybridized carbons (Fsp3) is 0.238. The summed E-state index contributed by atoms with van der Waals surface area (Å²) in [5.74, 6) is 0.591. The fourth-order valence-corrected chi connectivity index (χ4v) is 3.03. The van der Waals surface area contributed by atoms with Crippen molar-refractivity contribution in [3.05, 3.63) is 65.0 Å². The summed E-state index contributed by atoms with van der Waals surface area (Å²) in [6.07, 6.45) is 3.93. The number of aromatic amines is 1. The molecule has 1 aromatic carbocycles. The van der Waals surface area contributed by atoms with Crippen molar-refractivity contribution < 1.29 is 9.78 Å². The number of benzene rings is 1. The van der Waals surface area contributed by atoms with Crippen LogP contribution in [0.1, 0.15) is 33.5 Å². The van der Waals surface area contributed by atoms with E-state index in [9.17, 15) is 10.1 Å². The molecule has 3 N–H and O–H groups in total. The van der Waals surface area contributed by atoms with Gasteiger partial charge in [0.2, 0.25) is 0 Å². The lowest BCUT2D eigenvalue weighted by molar-refractivity contribution is -0.327. The Morgan fingerprint density at radius 3 is 2.70 bits per heavy atom. The molecule has 3 rings (SSSR count). The summed E-state index contributed by atoms with van der Waals surface area (Å²) in [5.41, 5.74) is 4.49. The van der Waals surface area contributed by atoms with Crippen LogP contribution in [0.5, 0.6) is 0 Å². The third-order valence-electron chi connectivity index (χ3n) is 4.35. The largest absolute Gasteiger partial charge is 0.352 e. The monoisotopic (exact) mass is 360 g/mol. The van der Waals surface area contributed by atoms with Gasteiger partial charge in [0, 0.05) is 36.3 Å². The quantitative estimate of drug-likeness (QED) is 0.661. The van der Waals surface area contributed by atoms with Crippen LogP contribution in [-0.4, -0.2) is 24.0 Å². The highest BCUT2D eigenvalue weighted by Crippen LogP contribution is 2.21. The number of amides is 1. The van der Waals surface area contributed by atoms with Gasteiger partial charge in [0.25, 0.3) is 11.7 Å². The summed E-state index contributed by atoms with van der Waals surface area (Å²) in [6.45, 7) is 5.28. The van der Waals surface area contributed by atoms with E-state index in [2.05, 4.69) is 45.7 Å². The van der Waals surface area contributed by atoms with Gasteiger partial charge in [-0.3, -0.25) is 15.1 Å². The van der Waals surface area contributed by atoms with Crippen LogP contribution in [0.15, 0.2) is 42.7 Å². The summed E-state index contributed by atoms with van der Waals surface area (Å²) in [5, 5.41) is 16.6. The Morgan fingerprint density at radius 1 is 1.19 bits per heavy atom. The number of carbonyl (C=O) groups is 1. The maximum atomic E-state index is 12.0. The zero-order valence-corrected chi connectivity index (χ0v) is 15.5. The van der Waals surface area contributed by atoms with Crippen LogP contribution in [0.2, 0.25) is 0 Å². The topological polar surface area (TPSA) is 92.0 Å². The first-order valence-corrected chi connectivity index (χ1v) is 8.88. The van der Waals surface area contributed by atoms with Crippen LogP contribution in [0.3, 0.4) is 0 Å². The van der Waals surface area contributed by atoms with Crippen LogP contribution in [0.4, 0.5) is 5.82 Å². The molecule has 0 saturated heterocycles. The van der Waals surface area contributed by atoms with Crippen molar-refractivity contribution in [2.45, 2.75) is 20.3 Å². The second kappa shape index (κ2) is 8.28. The highest BCUT2D eigenvalue weighted by atomic mass is 16.1. The zero-order valence-electron chi connectivity index (χ0n) is 15.5. The van der Waals surface area contributed by atoms with Crippen LogP contribution in [0, 0.1) is 25.2 Å². The van der Waals surface area contributed by atoms with Crippen LogP contribution < -0.4 is 15.6 Å². The minimum absolute atomic E-state index is 0.113. The number of hydrogen-bond donors (Lipinski definition) is 2. The Morgan fingerprint density at radius 2 is 1.96 bits per heavy atom. The molecule has 27 heavy (non-hydrogen) atoms. The summed E-state index contributed by atoms with van der Waals surface area (Å²) >= 11 is 0. The number of rotatable bonds is 6. The van der Waals surface area contributed by atoms with Gasteiger partial charge in [0.15, 0.2) is 0 Å². The van der Waals surface area contributed by atoms with E-state index < -0.39 is 0 Å². The van der Waals surface area contributed by atoms with Crippen molar-refractivity contribution in [2.75, 3.05) is 18.4 Å². The normalized spacial score (nSPS) is 10.4. The molecular formula is C21H22N5O+. The zero-order chi connectivity index (χ0) is 19.2. The molecule has 3 aromatic rings. The van der Waals surface area contributed by atoms with Gasteiger partial charge in [-0.15, -0.1) is 0 Å². The average Bonchev–Trinajstić information content (AvgIpc) is 2.67. The minimum atomic E-state index is -0.113. The lowest BCUT2D eigenvalue weighted by atomic mass is 10.0. The molecule has 6 nitrogen and oxygen atoms in total. The second-order valence-electron chi connectivity index (χ2n) is 6.48. The van der Waals surface area contributed by atoms with Gasteiger partial charge in [0.1, 0.15) is 17.1 Å². The van der Waals surface area contributed by atoms with Crippen molar-refractivity contribution in [1.82, 2.24) is 10.3 Å². The predicted octanol–water partition coefficient (Wildman–Crippen LogP) is 2.77. The molecule has 0 aliphatic heterocycles. The highest BCUT2D eigenvalue weighted by molar-refractivity contribution is 5.93. The van der Waals surface area contributed by atoms with Gasteiger partial charge in [-0.05, 0) is 49.2 Å². The number of fused-ring (bicyclic) bond motifs is 1. The van der Waals surface area contributed by atoms with Gasteiger partial charge in [-0.25, -0.2) is 4.98 Å². The number of carbonyl (C=O) groups excluding carboxylic acids is 1. The smallest absolute Gasteiger partial charge is 0.290 e. The maximum absolute atomic E-state index is 12.0. The third-order valence-corrected chi connectivity index (χ3v) is 4.35. The van der Waals surface area contributed by atoms with Gasteiger partial charge in [-0.1, -0.05) is 6.07 Å². The lowest BCUT2D eigenvalue weighted by Gasteiger charge is -2.07. The summed E-state index contributed by atoms with van der Waals surface area (Å²) in [6, 6.07) is 11.7. The number of nitriles is 1. The van der Waals surface area contributed by atoms with E-state index in [0.717, 1.165) is 22.9 Å². The van der Waals surface area contributed by atoms with E-state index in [1.54, 1.807) is 24.5 Å². The third kappa shape index (κ3) is 4.39. The first kappa shape index (κ1) is 18.3. The van der Waals surface area contributed by atoms with Crippen molar-refractivity contribution >= 4 is 22.6 Å². The van der Waals surface area contributed by atoms with Gasteiger partial charge >= 0.3 is 0 Å². The number of aryl methyl sites for hydroxylation is 2. The van der Waals surface area contributed by atoms with Crippen LogP contribution in [-0.2, 0) is 0 Å². The SMILES string of the molecule is Cc1cc(C)c2cc(C#N)c(NCCCNC(=O)c3ccncc3)[nH+]c2c1. The molecular weight excluding hydrogens is 338 g/mol. The minimum Gasteiger partial charge on any atom is -0.352 e. The highest BCUT2D eigenvalue weighted by Gasteiger charge is 2.13. The van der Waals surface area contributed by atoms with E-state index in [4.69, 9.17) is 0 Å². The lowest BCUT2D eigenvalue weighted by Crippen LogP contribution is -2.26. The molecule has 0 atom stereocenters. The van der Waals surface area contributed by atoms with Crippen molar-refractivity contribution in [2.24, 2.45) is 0 Å². The Balaban J connectivity index is 1.60. The molecule has 0 spiro atoms. The second-order valence-corrected chi connectivity index (χ2v) is 6.48. The molecule has 136 valence electrons. The number of pyridine rings is 2. The molecule has 6 heteroatoms. The van der Waals surface area contributed by atoms with Gasteiger partial charge in [-0.2, -0.15) is 5.26 Å². The molecule has 0 bridgehead atoms. The van der Waals surface area contributed by atoms with Crippen LogP contribution >= 0.6 is 0 Å². The maximum Gasteiger partial charge on any atom is 0.290 e. The van der Waals surface area contributed by atoms with E-state index in [1.165, 1.54) is 5.56 Å². The molecule has 0 aliphatic rings. The number of anilines is 1. The van der Waals surface area contributed by atoms with Gasteiger partial charge in [0.05, 0.1) is 6.54 Å².